The van der Waals surface area contributed by atoms with E-state index in [9.17, 15) is 4.79 Å². The molecular formula is C16H22ClN5OS. The monoisotopic (exact) mass is 367 g/mol. The first-order chi connectivity index (χ1) is 11.3. The van der Waals surface area contributed by atoms with Crippen LogP contribution in [0.2, 0.25) is 0 Å². The molecule has 1 saturated heterocycles. The molecule has 24 heavy (non-hydrogen) atoms. The van der Waals surface area contributed by atoms with Crippen molar-refractivity contribution in [3.8, 4) is 0 Å². The van der Waals surface area contributed by atoms with Crippen LogP contribution in [0.5, 0.6) is 0 Å². The Morgan fingerprint density at radius 2 is 2.04 bits per heavy atom. The van der Waals surface area contributed by atoms with Crippen LogP contribution in [-0.2, 0) is 0 Å². The minimum absolute atomic E-state index is 0. The zero-order valence-corrected chi connectivity index (χ0v) is 15.0. The molecule has 6 nitrogen and oxygen atoms in total. The van der Waals surface area contributed by atoms with E-state index in [4.69, 9.17) is 0 Å². The molecule has 2 N–H and O–H groups in total. The van der Waals surface area contributed by atoms with Gasteiger partial charge in [0.1, 0.15) is 0 Å². The molecule has 1 aromatic heterocycles. The first-order valence-electron chi connectivity index (χ1n) is 7.91. The summed E-state index contributed by atoms with van der Waals surface area (Å²) in [6.45, 7) is 2.59. The third-order valence-corrected chi connectivity index (χ3v) is 4.84. The lowest BCUT2D eigenvalue weighted by Crippen LogP contribution is -2.29. The van der Waals surface area contributed by atoms with E-state index in [0.29, 0.717) is 18.3 Å². The fourth-order valence-corrected chi connectivity index (χ4v) is 3.36. The second-order valence-electron chi connectivity index (χ2n) is 5.48. The Kier molecular flexibility index (Phi) is 7.55. The van der Waals surface area contributed by atoms with E-state index in [-0.39, 0.29) is 18.3 Å². The smallest absolute Gasteiger partial charge is 0.273 e. The maximum Gasteiger partial charge on any atom is 0.273 e. The van der Waals surface area contributed by atoms with E-state index in [1.807, 2.05) is 22.9 Å². The summed E-state index contributed by atoms with van der Waals surface area (Å²) in [7, 11) is 0. The van der Waals surface area contributed by atoms with Crippen molar-refractivity contribution in [2.75, 3.05) is 25.4 Å². The number of hydrogen-bond donors (Lipinski definition) is 2. The van der Waals surface area contributed by atoms with Crippen LogP contribution >= 0.6 is 24.2 Å². The first kappa shape index (κ1) is 18.8. The number of nitrogens with one attached hydrogen (secondary N) is 2. The molecule has 8 heteroatoms. The van der Waals surface area contributed by atoms with Gasteiger partial charge in [-0.25, -0.2) is 4.68 Å². The molecule has 1 fully saturated rings. The molecule has 0 radical (unpaired) electrons. The lowest BCUT2D eigenvalue weighted by molar-refractivity contribution is 0.0951. The number of rotatable bonds is 6. The van der Waals surface area contributed by atoms with Gasteiger partial charge in [0.25, 0.3) is 5.91 Å². The van der Waals surface area contributed by atoms with Gasteiger partial charge in [-0.3, -0.25) is 4.79 Å². The maximum atomic E-state index is 12.1. The van der Waals surface area contributed by atoms with Crippen LogP contribution in [0.4, 0.5) is 0 Å². The summed E-state index contributed by atoms with van der Waals surface area (Å²) in [6, 6.07) is 10.5. The molecule has 1 aliphatic heterocycles. The van der Waals surface area contributed by atoms with Crippen LogP contribution in [-0.4, -0.2) is 46.3 Å². The zero-order chi connectivity index (χ0) is 15.9. The minimum atomic E-state index is -0.154. The van der Waals surface area contributed by atoms with Crippen molar-refractivity contribution in [3.63, 3.8) is 0 Å². The quantitative estimate of drug-likeness (QED) is 0.604. The predicted octanol–water partition coefficient (Wildman–Crippen LogP) is 2.15. The minimum Gasteiger partial charge on any atom is -0.350 e. The van der Waals surface area contributed by atoms with E-state index < -0.39 is 0 Å². The van der Waals surface area contributed by atoms with Crippen molar-refractivity contribution in [2.45, 2.75) is 23.8 Å². The number of carbonyl (C=O) groups is 1. The van der Waals surface area contributed by atoms with Gasteiger partial charge in [0.15, 0.2) is 5.69 Å². The number of thioether (sulfide) groups is 1. The van der Waals surface area contributed by atoms with Gasteiger partial charge in [0.05, 0.1) is 12.2 Å². The molecule has 2 heterocycles. The maximum absolute atomic E-state index is 12.1. The van der Waals surface area contributed by atoms with Crippen molar-refractivity contribution in [3.05, 3.63) is 42.2 Å². The zero-order valence-electron chi connectivity index (χ0n) is 13.4. The topological polar surface area (TPSA) is 71.8 Å². The third-order valence-electron chi connectivity index (χ3n) is 3.83. The Bertz CT molecular complexity index is 630. The predicted molar refractivity (Wildman–Crippen MR) is 97.9 cm³/mol. The standard InChI is InChI=1S/C16H21N5OS.ClH/c22-16(18-10-11-23-14-4-2-1-3-5-14)15-12-21(20-19-15)13-6-8-17-9-7-13;/h1-5,12-13,17H,6-11H2,(H,18,22);1H. The fraction of sp³-hybridized carbons (Fsp3) is 0.438. The van der Waals surface area contributed by atoms with Gasteiger partial charge in [0.2, 0.25) is 0 Å². The summed E-state index contributed by atoms with van der Waals surface area (Å²) in [4.78, 5) is 13.3. The van der Waals surface area contributed by atoms with Gasteiger partial charge in [-0.2, -0.15) is 0 Å². The summed E-state index contributed by atoms with van der Waals surface area (Å²) >= 11 is 1.72. The van der Waals surface area contributed by atoms with Crippen molar-refractivity contribution >= 4 is 30.1 Å². The van der Waals surface area contributed by atoms with Gasteiger partial charge in [0, 0.05) is 17.2 Å². The van der Waals surface area contributed by atoms with Crippen LogP contribution in [0.25, 0.3) is 0 Å². The normalized spacial score (nSPS) is 14.8. The van der Waals surface area contributed by atoms with Crippen LogP contribution in [0.1, 0.15) is 29.4 Å². The van der Waals surface area contributed by atoms with Crippen molar-refractivity contribution in [2.24, 2.45) is 0 Å². The molecule has 3 rings (SSSR count). The average molecular weight is 368 g/mol. The summed E-state index contributed by atoms with van der Waals surface area (Å²) < 4.78 is 1.83. The number of piperidine rings is 1. The number of amides is 1. The highest BCUT2D eigenvalue weighted by Gasteiger charge is 2.18. The molecule has 1 aromatic carbocycles. The number of carbonyl (C=O) groups excluding carboxylic acids is 1. The Labute approximate surface area is 152 Å². The third kappa shape index (κ3) is 5.22. The van der Waals surface area contributed by atoms with Crippen LogP contribution in [0.15, 0.2) is 41.4 Å². The molecule has 0 aliphatic carbocycles. The van der Waals surface area contributed by atoms with Crippen LogP contribution in [0, 0.1) is 0 Å². The second-order valence-corrected chi connectivity index (χ2v) is 6.65. The molecule has 0 bridgehead atoms. The highest BCUT2D eigenvalue weighted by molar-refractivity contribution is 7.99. The van der Waals surface area contributed by atoms with Crippen molar-refractivity contribution < 1.29 is 4.79 Å². The van der Waals surface area contributed by atoms with Gasteiger partial charge in [-0.1, -0.05) is 23.4 Å². The Balaban J connectivity index is 0.00000208. The van der Waals surface area contributed by atoms with Gasteiger partial charge in [-0.05, 0) is 38.1 Å². The number of benzene rings is 1. The molecular weight excluding hydrogens is 346 g/mol. The first-order valence-corrected chi connectivity index (χ1v) is 8.90. The van der Waals surface area contributed by atoms with E-state index in [2.05, 4.69) is 33.1 Å². The lowest BCUT2D eigenvalue weighted by Gasteiger charge is -2.22. The Morgan fingerprint density at radius 3 is 2.79 bits per heavy atom. The molecule has 0 saturated carbocycles. The summed E-state index contributed by atoms with van der Waals surface area (Å²) in [6.07, 6.45) is 3.81. The number of halogens is 1. The summed E-state index contributed by atoms with van der Waals surface area (Å²) in [5.41, 5.74) is 0.397. The number of aromatic nitrogens is 3. The van der Waals surface area contributed by atoms with Crippen molar-refractivity contribution in [1.29, 1.82) is 0 Å². The van der Waals surface area contributed by atoms with Gasteiger partial charge in [-0.15, -0.1) is 29.3 Å². The van der Waals surface area contributed by atoms with E-state index in [1.165, 1.54) is 4.90 Å². The second kappa shape index (κ2) is 9.66. The van der Waals surface area contributed by atoms with Crippen LogP contribution in [0.3, 0.4) is 0 Å². The van der Waals surface area contributed by atoms with E-state index in [1.54, 1.807) is 18.0 Å². The largest absolute Gasteiger partial charge is 0.350 e. The highest BCUT2D eigenvalue weighted by atomic mass is 35.5. The van der Waals surface area contributed by atoms with E-state index >= 15 is 0 Å². The molecule has 0 unspecified atom stereocenters. The van der Waals surface area contributed by atoms with E-state index in [0.717, 1.165) is 31.7 Å². The molecule has 2 aromatic rings. The van der Waals surface area contributed by atoms with Crippen molar-refractivity contribution in [1.82, 2.24) is 25.6 Å². The Morgan fingerprint density at radius 1 is 1.29 bits per heavy atom. The summed E-state index contributed by atoms with van der Waals surface area (Å²) in [5, 5.41) is 14.3. The fourth-order valence-electron chi connectivity index (χ4n) is 2.57. The molecule has 130 valence electrons. The lowest BCUT2D eigenvalue weighted by atomic mass is 10.1. The average Bonchev–Trinajstić information content (AvgIpc) is 3.10. The Hall–Kier alpha value is -1.57. The summed E-state index contributed by atoms with van der Waals surface area (Å²) in [5.74, 6) is 0.678. The highest BCUT2D eigenvalue weighted by Crippen LogP contribution is 2.17. The molecule has 1 aliphatic rings. The molecule has 1 amide bonds. The van der Waals surface area contributed by atoms with Gasteiger partial charge >= 0.3 is 0 Å². The molecule has 0 atom stereocenters. The number of hydrogen-bond acceptors (Lipinski definition) is 5. The SMILES string of the molecule is Cl.O=C(NCCSc1ccccc1)c1cn(C2CCNCC2)nn1. The van der Waals surface area contributed by atoms with Gasteiger partial charge < -0.3 is 10.6 Å². The number of nitrogens with zero attached hydrogens (tertiary/aromatic N) is 3. The molecule has 0 spiro atoms. The van der Waals surface area contributed by atoms with Crippen LogP contribution < -0.4 is 10.6 Å².